The van der Waals surface area contributed by atoms with Gasteiger partial charge in [0.15, 0.2) is 0 Å². The molecule has 1 fully saturated rings. The number of piperidine rings is 1. The maximum Gasteiger partial charge on any atom is 0.309 e. The highest BCUT2D eigenvalue weighted by molar-refractivity contribution is 5.83. The van der Waals surface area contributed by atoms with Crippen LogP contribution in [0.1, 0.15) is 19.8 Å². The van der Waals surface area contributed by atoms with Crippen LogP contribution < -0.4 is 9.64 Å². The Bertz CT molecular complexity index is 725. The standard InChI is InChI=1S/C21H27NO4/c1-2-25-21(24)17-9-11-22(12-10-17)14-19(23)15-26-20-8-7-16-5-3-4-6-18(16)13-20/h3-8,13,17,19,23H,2,9-12,14-15H2,1H3/p+1/t19-/m1/s1. The number of hydrogen-bond donors (Lipinski definition) is 2. The number of likely N-dealkylation sites (tertiary alicyclic amines) is 1. The largest absolute Gasteiger partial charge is 0.491 e. The van der Waals surface area contributed by atoms with Crippen LogP contribution in [0.15, 0.2) is 42.5 Å². The molecule has 1 aliphatic heterocycles. The minimum atomic E-state index is -0.518. The van der Waals surface area contributed by atoms with Gasteiger partial charge in [-0.15, -0.1) is 0 Å². The minimum Gasteiger partial charge on any atom is -0.491 e. The van der Waals surface area contributed by atoms with Gasteiger partial charge >= 0.3 is 5.97 Å². The zero-order valence-electron chi connectivity index (χ0n) is 15.3. The monoisotopic (exact) mass is 358 g/mol. The molecule has 0 radical (unpaired) electrons. The van der Waals surface area contributed by atoms with Crippen molar-refractivity contribution in [3.05, 3.63) is 42.5 Å². The Labute approximate surface area is 154 Å². The summed E-state index contributed by atoms with van der Waals surface area (Å²) < 4.78 is 10.9. The van der Waals surface area contributed by atoms with Crippen molar-refractivity contribution in [2.24, 2.45) is 5.92 Å². The first kappa shape index (κ1) is 18.7. The molecule has 0 spiro atoms. The zero-order valence-corrected chi connectivity index (χ0v) is 15.3. The van der Waals surface area contributed by atoms with Crippen LogP contribution in [0.5, 0.6) is 5.75 Å². The molecule has 0 aromatic heterocycles. The molecule has 2 aromatic carbocycles. The third-order valence-electron chi connectivity index (χ3n) is 5.00. The molecule has 26 heavy (non-hydrogen) atoms. The quantitative estimate of drug-likeness (QED) is 0.736. The van der Waals surface area contributed by atoms with E-state index in [4.69, 9.17) is 9.47 Å². The molecule has 1 aliphatic rings. The summed E-state index contributed by atoms with van der Waals surface area (Å²) in [5, 5.41) is 12.6. The summed E-state index contributed by atoms with van der Waals surface area (Å²) in [4.78, 5) is 13.1. The number of benzene rings is 2. The third-order valence-corrected chi connectivity index (χ3v) is 5.00. The molecular weight excluding hydrogens is 330 g/mol. The summed E-state index contributed by atoms with van der Waals surface area (Å²) in [5.41, 5.74) is 0. The maximum atomic E-state index is 11.8. The maximum absolute atomic E-state index is 11.8. The number of fused-ring (bicyclic) bond motifs is 1. The molecule has 0 aliphatic carbocycles. The van der Waals surface area contributed by atoms with Gasteiger partial charge in [-0.3, -0.25) is 4.79 Å². The van der Waals surface area contributed by atoms with Crippen molar-refractivity contribution in [2.45, 2.75) is 25.9 Å². The Morgan fingerprint density at radius 1 is 1.19 bits per heavy atom. The third kappa shape index (κ3) is 4.96. The number of rotatable bonds is 7. The minimum absolute atomic E-state index is 0.0182. The normalized spacial score (nSPS) is 21.3. The van der Waals surface area contributed by atoms with E-state index in [1.807, 2.05) is 37.3 Å². The van der Waals surface area contributed by atoms with Gasteiger partial charge in [-0.25, -0.2) is 0 Å². The van der Waals surface area contributed by atoms with E-state index in [1.165, 1.54) is 10.3 Å². The number of esters is 1. The average molecular weight is 358 g/mol. The lowest BCUT2D eigenvalue weighted by Gasteiger charge is -2.29. The molecule has 1 atom stereocenters. The molecule has 0 saturated carbocycles. The number of nitrogens with one attached hydrogen (secondary N) is 1. The highest BCUT2D eigenvalue weighted by Crippen LogP contribution is 2.20. The van der Waals surface area contributed by atoms with Gasteiger partial charge in [-0.2, -0.15) is 0 Å². The Balaban J connectivity index is 1.43. The average Bonchev–Trinajstić information content (AvgIpc) is 2.67. The molecule has 2 aromatic rings. The highest BCUT2D eigenvalue weighted by atomic mass is 16.5. The van der Waals surface area contributed by atoms with Crippen LogP contribution >= 0.6 is 0 Å². The number of aliphatic hydroxyl groups excluding tert-OH is 1. The van der Waals surface area contributed by atoms with Crippen molar-refractivity contribution < 1.29 is 24.3 Å². The highest BCUT2D eigenvalue weighted by Gasteiger charge is 2.29. The number of hydrogen-bond acceptors (Lipinski definition) is 4. The van der Waals surface area contributed by atoms with Crippen molar-refractivity contribution in [3.63, 3.8) is 0 Å². The second-order valence-electron chi connectivity index (χ2n) is 6.95. The summed E-state index contributed by atoms with van der Waals surface area (Å²) in [6.45, 7) is 4.97. The predicted octanol–water partition coefficient (Wildman–Crippen LogP) is 1.44. The van der Waals surface area contributed by atoms with E-state index < -0.39 is 6.10 Å². The van der Waals surface area contributed by atoms with Gasteiger partial charge < -0.3 is 19.5 Å². The number of aliphatic hydroxyl groups is 1. The Morgan fingerprint density at radius 2 is 1.92 bits per heavy atom. The summed E-state index contributed by atoms with van der Waals surface area (Å²) in [6, 6.07) is 14.1. The fourth-order valence-electron chi connectivity index (χ4n) is 3.57. The van der Waals surface area contributed by atoms with Crippen LogP contribution in [-0.4, -0.2) is 50.0 Å². The molecule has 0 amide bonds. The van der Waals surface area contributed by atoms with Gasteiger partial charge in [0.25, 0.3) is 0 Å². The number of quaternary nitrogens is 1. The first-order valence-electron chi connectivity index (χ1n) is 9.45. The lowest BCUT2D eigenvalue weighted by molar-refractivity contribution is -0.908. The molecular formula is C21H28NO4+. The summed E-state index contributed by atoms with van der Waals surface area (Å²) in [6.07, 6.45) is 1.13. The van der Waals surface area contributed by atoms with E-state index in [-0.39, 0.29) is 18.5 Å². The van der Waals surface area contributed by atoms with Gasteiger partial charge in [0.05, 0.1) is 25.6 Å². The molecule has 1 saturated heterocycles. The van der Waals surface area contributed by atoms with Gasteiger partial charge in [0, 0.05) is 12.8 Å². The summed E-state index contributed by atoms with van der Waals surface area (Å²) >= 11 is 0. The van der Waals surface area contributed by atoms with Crippen LogP contribution in [0.25, 0.3) is 10.8 Å². The van der Waals surface area contributed by atoms with E-state index >= 15 is 0 Å². The number of carbonyl (C=O) groups is 1. The second-order valence-corrected chi connectivity index (χ2v) is 6.95. The second kappa shape index (κ2) is 9.01. The fraction of sp³-hybridized carbons (Fsp3) is 0.476. The van der Waals surface area contributed by atoms with E-state index in [9.17, 15) is 9.90 Å². The van der Waals surface area contributed by atoms with Gasteiger partial charge in [-0.05, 0) is 29.8 Å². The molecule has 5 heteroatoms. The summed E-state index contributed by atoms with van der Waals surface area (Å²) in [5.74, 6) is 0.718. The predicted molar refractivity (Wildman–Crippen MR) is 100 cm³/mol. The van der Waals surface area contributed by atoms with Gasteiger partial charge in [0.2, 0.25) is 0 Å². The Hall–Kier alpha value is -2.11. The van der Waals surface area contributed by atoms with Crippen molar-refractivity contribution in [1.29, 1.82) is 0 Å². The van der Waals surface area contributed by atoms with E-state index in [0.717, 1.165) is 37.1 Å². The van der Waals surface area contributed by atoms with Crippen LogP contribution in [0.2, 0.25) is 0 Å². The molecule has 5 nitrogen and oxygen atoms in total. The SMILES string of the molecule is CCOC(=O)C1CC[NH+](C[C@@H](O)COc2ccc3ccccc3c2)CC1. The molecule has 3 rings (SSSR count). The van der Waals surface area contributed by atoms with Crippen LogP contribution in [0, 0.1) is 5.92 Å². The number of ether oxygens (including phenoxy) is 2. The molecule has 0 bridgehead atoms. The van der Waals surface area contributed by atoms with Crippen molar-refractivity contribution in [2.75, 3.05) is 32.8 Å². The van der Waals surface area contributed by atoms with Crippen molar-refractivity contribution in [1.82, 2.24) is 0 Å². The van der Waals surface area contributed by atoms with Gasteiger partial charge in [0.1, 0.15) is 25.0 Å². The van der Waals surface area contributed by atoms with Crippen molar-refractivity contribution in [3.8, 4) is 5.75 Å². The number of carbonyl (C=O) groups excluding carboxylic acids is 1. The lowest BCUT2D eigenvalue weighted by atomic mass is 9.97. The zero-order chi connectivity index (χ0) is 18.4. The molecule has 0 unspecified atom stereocenters. The first-order chi connectivity index (χ1) is 12.7. The van der Waals surface area contributed by atoms with E-state index in [2.05, 4.69) is 12.1 Å². The summed E-state index contributed by atoms with van der Waals surface area (Å²) in [7, 11) is 0. The molecule has 2 N–H and O–H groups in total. The lowest BCUT2D eigenvalue weighted by Crippen LogP contribution is -3.14. The van der Waals surface area contributed by atoms with Crippen LogP contribution in [0.3, 0.4) is 0 Å². The van der Waals surface area contributed by atoms with E-state index in [0.29, 0.717) is 13.2 Å². The van der Waals surface area contributed by atoms with Crippen molar-refractivity contribution >= 4 is 16.7 Å². The van der Waals surface area contributed by atoms with Crippen LogP contribution in [-0.2, 0) is 9.53 Å². The first-order valence-corrected chi connectivity index (χ1v) is 9.45. The molecule has 1 heterocycles. The smallest absolute Gasteiger partial charge is 0.309 e. The molecule has 140 valence electrons. The topological polar surface area (TPSA) is 60.2 Å². The Kier molecular flexibility index (Phi) is 6.47. The van der Waals surface area contributed by atoms with E-state index in [1.54, 1.807) is 0 Å². The fourth-order valence-corrected chi connectivity index (χ4v) is 3.57. The Morgan fingerprint density at radius 3 is 2.65 bits per heavy atom. The van der Waals surface area contributed by atoms with Crippen LogP contribution in [0.4, 0.5) is 0 Å². The van der Waals surface area contributed by atoms with Gasteiger partial charge in [-0.1, -0.05) is 30.3 Å².